The van der Waals surface area contributed by atoms with Crippen LogP contribution < -0.4 is 0 Å². The largest absolute Gasteiger partial charge is 0.277 e. The van der Waals surface area contributed by atoms with Gasteiger partial charge in [0, 0.05) is 7.05 Å². The molecule has 2 amide bonds. The van der Waals surface area contributed by atoms with Gasteiger partial charge in [-0.1, -0.05) is 27.7 Å². The Kier molecular flexibility index (Phi) is 3.49. The van der Waals surface area contributed by atoms with Gasteiger partial charge in [0.15, 0.2) is 0 Å². The summed E-state index contributed by atoms with van der Waals surface area (Å²) in [6.07, 6.45) is 0. The minimum atomic E-state index is -0.154. The number of amides is 2. The van der Waals surface area contributed by atoms with Gasteiger partial charge in [0.2, 0.25) is 0 Å². The van der Waals surface area contributed by atoms with Gasteiger partial charge in [-0.3, -0.25) is 14.5 Å². The minimum Gasteiger partial charge on any atom is -0.277 e. The highest BCUT2D eigenvalue weighted by molar-refractivity contribution is 6.23. The van der Waals surface area contributed by atoms with E-state index in [-0.39, 0.29) is 23.7 Å². The number of nitrogens with zero attached hydrogens (tertiary/aromatic N) is 1. The molecule has 0 N–H and O–H groups in total. The Hall–Kier alpha value is -1.64. The van der Waals surface area contributed by atoms with Crippen LogP contribution in [0.1, 0.15) is 82.5 Å². The molecule has 20 heavy (non-hydrogen) atoms. The van der Waals surface area contributed by atoms with E-state index in [0.717, 1.165) is 22.3 Å². The second kappa shape index (κ2) is 4.72. The molecule has 0 saturated carbocycles. The normalized spacial score (nSPS) is 14.8. The van der Waals surface area contributed by atoms with Crippen LogP contribution in [-0.4, -0.2) is 23.8 Å². The lowest BCUT2D eigenvalue weighted by Gasteiger charge is -2.22. The van der Waals surface area contributed by atoms with Crippen LogP contribution in [0.4, 0.5) is 0 Å². The van der Waals surface area contributed by atoms with E-state index in [1.165, 1.54) is 4.90 Å². The maximum atomic E-state index is 12.5. The maximum absolute atomic E-state index is 12.5. The first-order chi connectivity index (χ1) is 9.20. The molecule has 2 rings (SSSR count). The zero-order valence-corrected chi connectivity index (χ0v) is 13.4. The van der Waals surface area contributed by atoms with Crippen LogP contribution in [0.3, 0.4) is 0 Å². The first-order valence-corrected chi connectivity index (χ1v) is 7.19. The highest BCUT2D eigenvalue weighted by Crippen LogP contribution is 2.39. The molecular formula is C17H23NO2. The van der Waals surface area contributed by atoms with Gasteiger partial charge in [-0.25, -0.2) is 0 Å². The van der Waals surface area contributed by atoms with Gasteiger partial charge in [0.05, 0.1) is 11.1 Å². The first kappa shape index (κ1) is 14.8. The molecule has 0 atom stereocenters. The Morgan fingerprint density at radius 3 is 1.30 bits per heavy atom. The van der Waals surface area contributed by atoms with E-state index in [4.69, 9.17) is 0 Å². The number of imide groups is 1. The lowest BCUT2D eigenvalue weighted by molar-refractivity contribution is 0.0692. The van der Waals surface area contributed by atoms with E-state index >= 15 is 0 Å². The Morgan fingerprint density at radius 2 is 1.05 bits per heavy atom. The standard InChI is InChI=1S/C17H23NO2/c1-8(2)12-10(5)11(6)13(9(3)4)15-14(12)16(19)18(7)17(15)20/h8-9H,1-7H3. The van der Waals surface area contributed by atoms with Gasteiger partial charge in [0.1, 0.15) is 0 Å². The van der Waals surface area contributed by atoms with E-state index < -0.39 is 0 Å². The third-order valence-electron chi connectivity index (χ3n) is 4.35. The number of carbonyl (C=O) groups is 2. The van der Waals surface area contributed by atoms with Gasteiger partial charge < -0.3 is 0 Å². The number of carbonyl (C=O) groups excluding carboxylic acids is 2. The van der Waals surface area contributed by atoms with Crippen molar-refractivity contribution in [1.82, 2.24) is 4.90 Å². The zero-order valence-electron chi connectivity index (χ0n) is 13.4. The molecule has 3 heteroatoms. The first-order valence-electron chi connectivity index (χ1n) is 7.19. The molecule has 0 saturated heterocycles. The summed E-state index contributed by atoms with van der Waals surface area (Å²) in [5.41, 5.74) is 5.64. The third-order valence-corrected chi connectivity index (χ3v) is 4.35. The summed E-state index contributed by atoms with van der Waals surface area (Å²) in [7, 11) is 1.57. The summed E-state index contributed by atoms with van der Waals surface area (Å²) in [5.74, 6) is 0.149. The quantitative estimate of drug-likeness (QED) is 0.769. The number of hydrogen-bond acceptors (Lipinski definition) is 2. The smallest absolute Gasteiger partial charge is 0.261 e. The summed E-state index contributed by atoms with van der Waals surface area (Å²) < 4.78 is 0. The lowest BCUT2D eigenvalue weighted by atomic mass is 9.81. The minimum absolute atomic E-state index is 0.154. The molecule has 1 aliphatic heterocycles. The fourth-order valence-corrected chi connectivity index (χ4v) is 3.36. The molecular weight excluding hydrogens is 250 g/mol. The molecule has 0 fully saturated rings. The van der Waals surface area contributed by atoms with Crippen molar-refractivity contribution < 1.29 is 9.59 Å². The summed E-state index contributed by atoms with van der Waals surface area (Å²) in [4.78, 5) is 26.2. The predicted molar refractivity (Wildman–Crippen MR) is 80.5 cm³/mol. The summed E-state index contributed by atoms with van der Waals surface area (Å²) >= 11 is 0. The van der Waals surface area contributed by atoms with Gasteiger partial charge >= 0.3 is 0 Å². The second-order valence-corrected chi connectivity index (χ2v) is 6.31. The average Bonchev–Trinajstić information content (AvgIpc) is 2.55. The summed E-state index contributed by atoms with van der Waals surface area (Å²) in [6, 6.07) is 0. The average molecular weight is 273 g/mol. The molecule has 0 spiro atoms. The third kappa shape index (κ3) is 1.80. The number of rotatable bonds is 2. The van der Waals surface area contributed by atoms with Gasteiger partial charge in [-0.15, -0.1) is 0 Å². The van der Waals surface area contributed by atoms with Crippen LogP contribution in [0.25, 0.3) is 0 Å². The molecule has 0 aromatic heterocycles. The molecule has 1 aromatic carbocycles. The van der Waals surface area contributed by atoms with Crippen LogP contribution in [0.15, 0.2) is 0 Å². The topological polar surface area (TPSA) is 37.4 Å². The Balaban J connectivity index is 2.97. The predicted octanol–water partition coefficient (Wildman–Crippen LogP) is 3.78. The van der Waals surface area contributed by atoms with Gasteiger partial charge in [-0.05, 0) is 47.9 Å². The fraction of sp³-hybridized carbons (Fsp3) is 0.529. The van der Waals surface area contributed by atoms with Crippen molar-refractivity contribution in [3.63, 3.8) is 0 Å². The highest BCUT2D eigenvalue weighted by atomic mass is 16.2. The van der Waals surface area contributed by atoms with E-state index in [1.54, 1.807) is 7.05 Å². The summed E-state index contributed by atoms with van der Waals surface area (Å²) in [6.45, 7) is 12.4. The van der Waals surface area contributed by atoms with Crippen molar-refractivity contribution in [2.24, 2.45) is 0 Å². The summed E-state index contributed by atoms with van der Waals surface area (Å²) in [5, 5.41) is 0. The fourth-order valence-electron chi connectivity index (χ4n) is 3.36. The van der Waals surface area contributed by atoms with Gasteiger partial charge in [-0.2, -0.15) is 0 Å². The van der Waals surface area contributed by atoms with Crippen molar-refractivity contribution in [2.45, 2.75) is 53.4 Å². The molecule has 108 valence electrons. The molecule has 0 bridgehead atoms. The van der Waals surface area contributed by atoms with Crippen LogP contribution in [0, 0.1) is 13.8 Å². The van der Waals surface area contributed by atoms with Crippen LogP contribution >= 0.6 is 0 Å². The highest BCUT2D eigenvalue weighted by Gasteiger charge is 2.39. The number of benzene rings is 1. The molecule has 1 heterocycles. The van der Waals surface area contributed by atoms with Gasteiger partial charge in [0.25, 0.3) is 11.8 Å². The van der Waals surface area contributed by atoms with Crippen molar-refractivity contribution in [2.75, 3.05) is 7.05 Å². The Bertz CT molecular complexity index is 559. The molecule has 1 aliphatic rings. The SMILES string of the molecule is Cc1c(C)c(C(C)C)c2c(c1C(C)C)C(=O)N(C)C2=O. The van der Waals surface area contributed by atoms with Crippen molar-refractivity contribution in [3.8, 4) is 0 Å². The molecule has 0 aliphatic carbocycles. The van der Waals surface area contributed by atoms with E-state index in [2.05, 4.69) is 41.5 Å². The number of fused-ring (bicyclic) bond motifs is 1. The number of hydrogen-bond donors (Lipinski definition) is 0. The van der Waals surface area contributed by atoms with Crippen LogP contribution in [-0.2, 0) is 0 Å². The van der Waals surface area contributed by atoms with Crippen molar-refractivity contribution in [1.29, 1.82) is 0 Å². The van der Waals surface area contributed by atoms with Crippen molar-refractivity contribution >= 4 is 11.8 Å². The Morgan fingerprint density at radius 1 is 0.750 bits per heavy atom. The second-order valence-electron chi connectivity index (χ2n) is 6.31. The molecule has 0 unspecified atom stereocenters. The van der Waals surface area contributed by atoms with Crippen LogP contribution in [0.5, 0.6) is 0 Å². The van der Waals surface area contributed by atoms with E-state index in [9.17, 15) is 9.59 Å². The molecule has 1 aromatic rings. The zero-order chi connectivity index (χ0) is 15.4. The van der Waals surface area contributed by atoms with Crippen molar-refractivity contribution in [3.05, 3.63) is 33.4 Å². The van der Waals surface area contributed by atoms with E-state index in [1.807, 2.05) is 0 Å². The molecule has 0 radical (unpaired) electrons. The maximum Gasteiger partial charge on any atom is 0.261 e. The lowest BCUT2D eigenvalue weighted by Crippen LogP contribution is -2.24. The monoisotopic (exact) mass is 273 g/mol. The van der Waals surface area contributed by atoms with E-state index in [0.29, 0.717) is 11.1 Å². The van der Waals surface area contributed by atoms with Crippen LogP contribution in [0.2, 0.25) is 0 Å². The molecule has 3 nitrogen and oxygen atoms in total. The Labute approximate surface area is 121 Å².